The van der Waals surface area contributed by atoms with E-state index in [1.165, 1.54) is 6.42 Å². The second kappa shape index (κ2) is 5.09. The maximum atomic E-state index is 10.9. The molecule has 0 unspecified atom stereocenters. The first-order chi connectivity index (χ1) is 8.16. The van der Waals surface area contributed by atoms with Crippen molar-refractivity contribution in [2.24, 2.45) is 0 Å². The number of aryl methyl sites for hydroxylation is 1. The molecular weight excluding hydrogens is 220 g/mol. The highest BCUT2D eigenvalue weighted by atomic mass is 16.6. The van der Waals surface area contributed by atoms with Gasteiger partial charge >= 0.3 is 5.69 Å². The van der Waals surface area contributed by atoms with E-state index >= 15 is 0 Å². The van der Waals surface area contributed by atoms with Gasteiger partial charge in [-0.2, -0.15) is 0 Å². The van der Waals surface area contributed by atoms with E-state index in [4.69, 9.17) is 0 Å². The van der Waals surface area contributed by atoms with E-state index in [-0.39, 0.29) is 5.69 Å². The molecule has 2 heterocycles. The minimum Gasteiger partial charge on any atom is -0.297 e. The van der Waals surface area contributed by atoms with Gasteiger partial charge < -0.3 is 0 Å². The highest BCUT2D eigenvalue weighted by molar-refractivity contribution is 5.55. The van der Waals surface area contributed by atoms with E-state index in [9.17, 15) is 10.1 Å². The number of anilines is 1. The molecule has 1 aliphatic heterocycles. The number of piperidine rings is 1. The van der Waals surface area contributed by atoms with Crippen molar-refractivity contribution in [3.8, 4) is 0 Å². The third kappa shape index (κ3) is 2.91. The Labute approximate surface area is 99.8 Å². The van der Waals surface area contributed by atoms with Crippen LogP contribution in [0.2, 0.25) is 0 Å². The van der Waals surface area contributed by atoms with Crippen molar-refractivity contribution in [1.29, 1.82) is 0 Å². The van der Waals surface area contributed by atoms with Gasteiger partial charge in [0.15, 0.2) is 0 Å². The highest BCUT2D eigenvalue weighted by Gasteiger charge is 2.18. The van der Waals surface area contributed by atoms with Crippen LogP contribution in [0.1, 0.15) is 24.8 Å². The Kier molecular flexibility index (Phi) is 3.53. The molecule has 6 nitrogen and oxygen atoms in total. The summed E-state index contributed by atoms with van der Waals surface area (Å²) in [4.78, 5) is 14.6. The molecular formula is C11H16N4O2. The molecule has 1 aromatic heterocycles. The van der Waals surface area contributed by atoms with E-state index in [1.54, 1.807) is 19.2 Å². The molecule has 1 fully saturated rings. The fourth-order valence-electron chi connectivity index (χ4n) is 1.93. The van der Waals surface area contributed by atoms with Gasteiger partial charge in [0.25, 0.3) is 0 Å². The lowest BCUT2D eigenvalue weighted by molar-refractivity contribution is -0.384. The number of nitrogens with zero attached hydrogens (tertiary/aromatic N) is 3. The molecule has 2 rings (SSSR count). The summed E-state index contributed by atoms with van der Waals surface area (Å²) in [5.41, 5.74) is 3.87. The molecule has 0 amide bonds. The Hall–Kier alpha value is -1.69. The number of hydrogen-bond acceptors (Lipinski definition) is 5. The standard InChI is InChI=1S/C11H16N4O2/c1-9-7-10(15(16)17)11(12-8-9)13-14-5-3-2-4-6-14/h7-8H,2-6H2,1H3,(H,12,13). The number of aromatic nitrogens is 1. The SMILES string of the molecule is Cc1cnc(NN2CCCCC2)c([N+](=O)[O-])c1. The summed E-state index contributed by atoms with van der Waals surface area (Å²) in [5.74, 6) is 0.336. The van der Waals surface area contributed by atoms with Crippen LogP contribution in [-0.2, 0) is 0 Å². The summed E-state index contributed by atoms with van der Waals surface area (Å²) in [6, 6.07) is 1.54. The average Bonchev–Trinajstić information content (AvgIpc) is 2.32. The van der Waals surface area contributed by atoms with Crippen LogP contribution in [0.15, 0.2) is 12.3 Å². The zero-order valence-corrected chi connectivity index (χ0v) is 9.85. The lowest BCUT2D eigenvalue weighted by Gasteiger charge is -2.27. The van der Waals surface area contributed by atoms with Crippen LogP contribution in [-0.4, -0.2) is 28.0 Å². The predicted molar refractivity (Wildman–Crippen MR) is 64.7 cm³/mol. The Balaban J connectivity index is 2.16. The Morgan fingerprint density at radius 2 is 2.12 bits per heavy atom. The quantitative estimate of drug-likeness (QED) is 0.642. The van der Waals surface area contributed by atoms with Gasteiger partial charge in [0.1, 0.15) is 0 Å². The van der Waals surface area contributed by atoms with Crippen molar-refractivity contribution in [3.05, 3.63) is 27.9 Å². The van der Waals surface area contributed by atoms with Gasteiger partial charge in [-0.05, 0) is 25.3 Å². The van der Waals surface area contributed by atoms with Gasteiger partial charge in [0.2, 0.25) is 5.82 Å². The Bertz CT molecular complexity index is 416. The van der Waals surface area contributed by atoms with Crippen LogP contribution in [0.5, 0.6) is 0 Å². The second-order valence-electron chi connectivity index (χ2n) is 4.30. The van der Waals surface area contributed by atoms with Crippen LogP contribution in [0.3, 0.4) is 0 Å². The number of pyridine rings is 1. The largest absolute Gasteiger partial charge is 0.312 e. The van der Waals surface area contributed by atoms with Gasteiger partial charge in [-0.25, -0.2) is 9.99 Å². The van der Waals surface area contributed by atoms with Crippen molar-refractivity contribution < 1.29 is 4.92 Å². The molecule has 0 spiro atoms. The first kappa shape index (κ1) is 11.8. The summed E-state index contributed by atoms with van der Waals surface area (Å²) >= 11 is 0. The fourth-order valence-corrected chi connectivity index (χ4v) is 1.93. The molecule has 1 aromatic rings. The third-order valence-electron chi connectivity index (χ3n) is 2.82. The second-order valence-corrected chi connectivity index (χ2v) is 4.30. The maximum absolute atomic E-state index is 10.9. The fraction of sp³-hybridized carbons (Fsp3) is 0.545. The number of rotatable bonds is 3. The Morgan fingerprint density at radius 3 is 2.76 bits per heavy atom. The summed E-state index contributed by atoms with van der Waals surface area (Å²) in [6.07, 6.45) is 5.10. The van der Waals surface area contributed by atoms with Crippen LogP contribution in [0, 0.1) is 17.0 Å². The van der Waals surface area contributed by atoms with Crippen LogP contribution in [0.4, 0.5) is 11.5 Å². The lowest BCUT2D eigenvalue weighted by atomic mass is 10.2. The smallest absolute Gasteiger partial charge is 0.297 e. The first-order valence-corrected chi connectivity index (χ1v) is 5.79. The summed E-state index contributed by atoms with van der Waals surface area (Å²) in [7, 11) is 0. The maximum Gasteiger partial charge on any atom is 0.312 e. The number of hydrazine groups is 1. The van der Waals surface area contributed by atoms with Gasteiger partial charge in [-0.3, -0.25) is 15.5 Å². The average molecular weight is 236 g/mol. The topological polar surface area (TPSA) is 71.3 Å². The monoisotopic (exact) mass is 236 g/mol. The minimum absolute atomic E-state index is 0.0376. The van der Waals surface area contributed by atoms with E-state index < -0.39 is 4.92 Å². The van der Waals surface area contributed by atoms with Crippen molar-refractivity contribution in [1.82, 2.24) is 9.99 Å². The van der Waals surface area contributed by atoms with Crippen molar-refractivity contribution in [2.45, 2.75) is 26.2 Å². The molecule has 1 aliphatic rings. The van der Waals surface area contributed by atoms with Crippen LogP contribution in [0.25, 0.3) is 0 Å². The molecule has 17 heavy (non-hydrogen) atoms. The van der Waals surface area contributed by atoms with Crippen LogP contribution >= 0.6 is 0 Å². The highest BCUT2D eigenvalue weighted by Crippen LogP contribution is 2.23. The molecule has 0 aromatic carbocycles. The van der Waals surface area contributed by atoms with Crippen molar-refractivity contribution in [2.75, 3.05) is 18.5 Å². The van der Waals surface area contributed by atoms with Crippen molar-refractivity contribution >= 4 is 11.5 Å². The van der Waals surface area contributed by atoms with Crippen LogP contribution < -0.4 is 5.43 Å². The normalized spacial score (nSPS) is 16.8. The summed E-state index contributed by atoms with van der Waals surface area (Å²) in [6.45, 7) is 3.62. The zero-order valence-electron chi connectivity index (χ0n) is 9.85. The van der Waals surface area contributed by atoms with Gasteiger partial charge in [-0.1, -0.05) is 6.42 Å². The number of nitro groups is 1. The molecule has 92 valence electrons. The molecule has 1 saturated heterocycles. The van der Waals surface area contributed by atoms with Gasteiger partial charge in [0, 0.05) is 25.4 Å². The third-order valence-corrected chi connectivity index (χ3v) is 2.82. The van der Waals surface area contributed by atoms with Crippen molar-refractivity contribution in [3.63, 3.8) is 0 Å². The first-order valence-electron chi connectivity index (χ1n) is 5.79. The zero-order chi connectivity index (χ0) is 12.3. The molecule has 0 saturated carbocycles. The molecule has 1 N–H and O–H groups in total. The summed E-state index contributed by atoms with van der Waals surface area (Å²) in [5, 5.41) is 12.9. The Morgan fingerprint density at radius 1 is 1.41 bits per heavy atom. The minimum atomic E-state index is -0.397. The molecule has 0 radical (unpaired) electrons. The lowest BCUT2D eigenvalue weighted by Crippen LogP contribution is -2.35. The molecule has 0 bridgehead atoms. The molecule has 0 atom stereocenters. The number of hydrogen-bond donors (Lipinski definition) is 1. The van der Waals surface area contributed by atoms with E-state index in [2.05, 4.69) is 10.4 Å². The predicted octanol–water partition coefficient (Wildman–Crippen LogP) is 2.11. The van der Waals surface area contributed by atoms with E-state index in [1.807, 2.05) is 5.01 Å². The summed E-state index contributed by atoms with van der Waals surface area (Å²) < 4.78 is 0. The van der Waals surface area contributed by atoms with Gasteiger partial charge in [-0.15, -0.1) is 0 Å². The molecule has 6 heteroatoms. The number of nitrogens with one attached hydrogen (secondary N) is 1. The van der Waals surface area contributed by atoms with E-state index in [0.717, 1.165) is 31.5 Å². The van der Waals surface area contributed by atoms with E-state index in [0.29, 0.717) is 5.82 Å². The van der Waals surface area contributed by atoms with Gasteiger partial charge in [0.05, 0.1) is 4.92 Å². The molecule has 0 aliphatic carbocycles.